The highest BCUT2D eigenvalue weighted by molar-refractivity contribution is 5.63. The summed E-state index contributed by atoms with van der Waals surface area (Å²) in [5.41, 5.74) is 0. The van der Waals surface area contributed by atoms with E-state index in [-0.39, 0.29) is 0 Å². The van der Waals surface area contributed by atoms with E-state index in [2.05, 4.69) is 4.74 Å². The first kappa shape index (κ1) is 14.8. The van der Waals surface area contributed by atoms with Crippen LogP contribution in [0.5, 0.6) is 0 Å². The van der Waals surface area contributed by atoms with Gasteiger partial charge in [0.25, 0.3) is 0 Å². The largest absolute Gasteiger partial charge is 0.530 e. The molecule has 0 unspecified atom stereocenters. The highest BCUT2D eigenvalue weighted by atomic mass is 19.4. The van der Waals surface area contributed by atoms with Crippen molar-refractivity contribution in [3.63, 3.8) is 0 Å². The van der Waals surface area contributed by atoms with Crippen LogP contribution in [-0.2, 0) is 4.74 Å². The van der Waals surface area contributed by atoms with Crippen molar-refractivity contribution in [1.29, 1.82) is 0 Å². The Morgan fingerprint density at radius 2 is 1.62 bits per heavy atom. The monoisotopic (exact) mass is 254 g/mol. The second kappa shape index (κ2) is 4.76. The van der Waals surface area contributed by atoms with Crippen LogP contribution in [-0.4, -0.2) is 43.2 Å². The first-order valence-corrected chi connectivity index (χ1v) is 3.61. The van der Waals surface area contributed by atoms with E-state index >= 15 is 0 Å². The van der Waals surface area contributed by atoms with E-state index < -0.39 is 36.1 Å². The van der Waals surface area contributed by atoms with Gasteiger partial charge < -0.3 is 19.5 Å². The van der Waals surface area contributed by atoms with E-state index in [1.807, 2.05) is 0 Å². The zero-order valence-corrected chi connectivity index (χ0v) is 7.72. The summed E-state index contributed by atoms with van der Waals surface area (Å²) in [5, 5.41) is 10.2. The third-order valence-corrected chi connectivity index (χ3v) is 1.43. The molecular formula is C6H6F6NO3-. The Kier molecular flexibility index (Phi) is 4.41. The molecule has 0 fully saturated rings. The maximum absolute atomic E-state index is 12.0. The number of rotatable bonds is 3. The molecule has 0 rings (SSSR count). The van der Waals surface area contributed by atoms with Crippen molar-refractivity contribution < 1.29 is 41.0 Å². The predicted octanol–water partition coefficient (Wildman–Crippen LogP) is 0.729. The van der Waals surface area contributed by atoms with Crippen LogP contribution in [0.1, 0.15) is 0 Å². The Balaban J connectivity index is 5.22. The quantitative estimate of drug-likeness (QED) is 0.551. The van der Waals surface area contributed by atoms with Gasteiger partial charge in [-0.3, -0.25) is 0 Å². The van der Waals surface area contributed by atoms with Gasteiger partial charge in [-0.1, -0.05) is 0 Å². The first-order chi connectivity index (χ1) is 7.01. The van der Waals surface area contributed by atoms with Crippen molar-refractivity contribution in [3.05, 3.63) is 0 Å². The number of methoxy groups -OCH3 is 1. The molecule has 0 aliphatic heterocycles. The number of hydrogen-bond donors (Lipinski definition) is 0. The molecular weight excluding hydrogens is 248 g/mol. The number of ether oxygens (including phenoxy) is 1. The molecule has 0 radical (unpaired) electrons. The summed E-state index contributed by atoms with van der Waals surface area (Å²) >= 11 is 0. The van der Waals surface area contributed by atoms with Crippen LogP contribution in [0.3, 0.4) is 0 Å². The highest BCUT2D eigenvalue weighted by Gasteiger charge is 2.60. The summed E-state index contributed by atoms with van der Waals surface area (Å²) < 4.78 is 76.2. The maximum Gasteiger partial charge on any atom is 0.417 e. The summed E-state index contributed by atoms with van der Waals surface area (Å²) in [7, 11) is 0.750. The summed E-state index contributed by atoms with van der Waals surface area (Å²) in [6.07, 6.45) is -14.2. The number of amides is 1. The number of alkyl halides is 6. The molecule has 0 spiro atoms. The zero-order valence-electron chi connectivity index (χ0n) is 7.72. The molecule has 1 amide bonds. The van der Waals surface area contributed by atoms with Gasteiger partial charge in [-0.25, -0.2) is 0 Å². The number of hydrogen-bond acceptors (Lipinski definition) is 3. The Morgan fingerprint density at radius 3 is 1.81 bits per heavy atom. The summed E-state index contributed by atoms with van der Waals surface area (Å²) in [5.74, 6) is 0. The molecule has 0 heterocycles. The lowest BCUT2D eigenvalue weighted by atomic mass is 10.2. The van der Waals surface area contributed by atoms with Gasteiger partial charge in [-0.2, -0.15) is 26.3 Å². The van der Waals surface area contributed by atoms with Gasteiger partial charge in [-0.15, -0.1) is 0 Å². The first-order valence-electron chi connectivity index (χ1n) is 3.61. The molecule has 0 saturated carbocycles. The number of carbonyl (C=O) groups is 1. The second-order valence-electron chi connectivity index (χ2n) is 2.64. The van der Waals surface area contributed by atoms with E-state index in [9.17, 15) is 36.2 Å². The minimum atomic E-state index is -5.79. The fourth-order valence-electron chi connectivity index (χ4n) is 0.911. The Labute approximate surface area is 85.4 Å². The molecule has 0 N–H and O–H groups in total. The lowest BCUT2D eigenvalue weighted by Crippen LogP contribution is -2.60. The smallest absolute Gasteiger partial charge is 0.417 e. The molecule has 0 aromatic rings. The van der Waals surface area contributed by atoms with E-state index in [0.717, 1.165) is 7.11 Å². The molecule has 4 nitrogen and oxygen atoms in total. The van der Waals surface area contributed by atoms with Crippen LogP contribution in [0.15, 0.2) is 0 Å². The van der Waals surface area contributed by atoms with Gasteiger partial charge >= 0.3 is 12.4 Å². The molecule has 16 heavy (non-hydrogen) atoms. The highest BCUT2D eigenvalue weighted by Crippen LogP contribution is 2.36. The molecule has 0 bridgehead atoms. The lowest BCUT2D eigenvalue weighted by Gasteiger charge is -2.35. The van der Waals surface area contributed by atoms with Crippen LogP contribution in [0, 0.1) is 0 Å². The van der Waals surface area contributed by atoms with Crippen molar-refractivity contribution in [2.75, 3.05) is 13.8 Å². The number of carbonyl (C=O) groups excluding carboxylic acids is 1. The van der Waals surface area contributed by atoms with Crippen LogP contribution in [0.4, 0.5) is 31.1 Å². The van der Waals surface area contributed by atoms with E-state index in [0.29, 0.717) is 0 Å². The van der Waals surface area contributed by atoms with Crippen LogP contribution >= 0.6 is 0 Å². The normalized spacial score (nSPS) is 13.0. The summed E-state index contributed by atoms with van der Waals surface area (Å²) in [6, 6.07) is -4.16. The van der Waals surface area contributed by atoms with E-state index in [1.54, 1.807) is 0 Å². The standard InChI is InChI=1S/C6H7F6NO3/c1-16-2-13(4(14)15)3(5(7,8)9)6(10,11)12/h3H,2H2,1H3,(H,14,15)/p-1. The van der Waals surface area contributed by atoms with Crippen molar-refractivity contribution in [3.8, 4) is 0 Å². The molecule has 0 aliphatic carbocycles. The summed E-state index contributed by atoms with van der Waals surface area (Å²) in [4.78, 5) is 9.17. The average Bonchev–Trinajstić information content (AvgIpc) is 1.97. The Morgan fingerprint density at radius 1 is 1.25 bits per heavy atom. The fourth-order valence-corrected chi connectivity index (χ4v) is 0.911. The zero-order chi connectivity index (χ0) is 13.1. The van der Waals surface area contributed by atoms with Gasteiger partial charge in [0, 0.05) is 7.11 Å². The van der Waals surface area contributed by atoms with Gasteiger partial charge in [0.05, 0.1) is 0 Å². The minimum absolute atomic E-state index is 0.750. The van der Waals surface area contributed by atoms with E-state index in [4.69, 9.17) is 0 Å². The van der Waals surface area contributed by atoms with Crippen LogP contribution in [0.2, 0.25) is 0 Å². The maximum atomic E-state index is 12.0. The molecule has 0 atom stereocenters. The SMILES string of the molecule is COCN(C(=O)[O-])C(C(F)(F)F)C(F)(F)F. The van der Waals surface area contributed by atoms with Crippen molar-refractivity contribution in [2.45, 2.75) is 18.4 Å². The fraction of sp³-hybridized carbons (Fsp3) is 0.833. The predicted molar refractivity (Wildman–Crippen MR) is 35.0 cm³/mol. The van der Waals surface area contributed by atoms with Crippen LogP contribution in [0.25, 0.3) is 0 Å². The minimum Gasteiger partial charge on any atom is -0.530 e. The number of halogens is 6. The molecule has 96 valence electrons. The van der Waals surface area contributed by atoms with Crippen molar-refractivity contribution >= 4 is 6.09 Å². The third kappa shape index (κ3) is 3.76. The Bertz CT molecular complexity index is 236. The molecule has 10 heteroatoms. The number of carboxylic acid groups (broad SMARTS) is 1. The van der Waals surface area contributed by atoms with Crippen molar-refractivity contribution in [1.82, 2.24) is 4.90 Å². The van der Waals surface area contributed by atoms with Crippen molar-refractivity contribution in [2.24, 2.45) is 0 Å². The average molecular weight is 254 g/mol. The summed E-state index contributed by atoms with van der Waals surface area (Å²) in [6.45, 7) is -1.40. The second-order valence-corrected chi connectivity index (χ2v) is 2.64. The molecule has 0 aromatic heterocycles. The van der Waals surface area contributed by atoms with E-state index in [1.165, 1.54) is 0 Å². The van der Waals surface area contributed by atoms with Crippen LogP contribution < -0.4 is 5.11 Å². The molecule has 0 saturated heterocycles. The molecule has 0 aliphatic rings. The van der Waals surface area contributed by atoms with Gasteiger partial charge in [0.2, 0.25) is 6.04 Å². The Hall–Kier alpha value is -1.19. The topological polar surface area (TPSA) is 52.6 Å². The number of nitrogens with zero attached hydrogens (tertiary/aromatic N) is 1. The third-order valence-electron chi connectivity index (χ3n) is 1.43. The van der Waals surface area contributed by atoms with Gasteiger partial charge in [0.15, 0.2) is 0 Å². The van der Waals surface area contributed by atoms with Gasteiger partial charge in [-0.05, 0) is 0 Å². The van der Waals surface area contributed by atoms with Gasteiger partial charge in [0.1, 0.15) is 12.8 Å². The molecule has 0 aromatic carbocycles. The lowest BCUT2D eigenvalue weighted by molar-refractivity contribution is -0.322.